The Morgan fingerprint density at radius 1 is 1.38 bits per heavy atom. The first-order valence-electron chi connectivity index (χ1n) is 6.95. The number of hydrogen-bond donors (Lipinski definition) is 1. The lowest BCUT2D eigenvalue weighted by Crippen LogP contribution is -2.16. The number of amidine groups is 1. The molecule has 0 atom stereocenters. The average molecular weight is 351 g/mol. The van der Waals surface area contributed by atoms with Gasteiger partial charge in [-0.3, -0.25) is 0 Å². The van der Waals surface area contributed by atoms with Crippen LogP contribution in [0.4, 0.5) is 10.1 Å². The lowest BCUT2D eigenvalue weighted by molar-refractivity contribution is 0.302. The van der Waals surface area contributed by atoms with Gasteiger partial charge in [0.05, 0.1) is 10.7 Å². The Hall–Kier alpha value is -2.88. The molecule has 0 saturated heterocycles. The van der Waals surface area contributed by atoms with Crippen LogP contribution < -0.4 is 5.73 Å². The fraction of sp³-hybridized carbons (Fsp3) is 0.231. The van der Waals surface area contributed by atoms with Gasteiger partial charge in [0.25, 0.3) is 0 Å². The molecule has 3 rings (SSSR count). The van der Waals surface area contributed by atoms with E-state index in [0.717, 1.165) is 0 Å². The molecule has 0 aliphatic carbocycles. The molecule has 2 heterocycles. The van der Waals surface area contributed by atoms with Gasteiger partial charge in [0.1, 0.15) is 17.8 Å². The van der Waals surface area contributed by atoms with Crippen LogP contribution in [0.2, 0.25) is 5.02 Å². The summed E-state index contributed by atoms with van der Waals surface area (Å²) < 4.78 is 19.5. The van der Waals surface area contributed by atoms with Crippen LogP contribution in [-0.2, 0) is 13.0 Å². The zero-order valence-electron chi connectivity index (χ0n) is 12.3. The third-order valence-electron chi connectivity index (χ3n) is 3.14. The van der Waals surface area contributed by atoms with E-state index in [1.54, 1.807) is 4.68 Å². The second kappa shape index (κ2) is 7.13. The van der Waals surface area contributed by atoms with E-state index in [-0.39, 0.29) is 10.9 Å². The molecule has 2 N–H and O–H groups in total. The lowest BCUT2D eigenvalue weighted by atomic mass is 10.2. The summed E-state index contributed by atoms with van der Waals surface area (Å²) >= 11 is 5.72. The van der Waals surface area contributed by atoms with Crippen molar-refractivity contribution in [2.75, 3.05) is 0 Å². The van der Waals surface area contributed by atoms with Crippen LogP contribution in [0.15, 0.2) is 34.1 Å². The number of rotatable bonds is 6. The summed E-state index contributed by atoms with van der Waals surface area (Å²) in [5.41, 5.74) is 7.25. The van der Waals surface area contributed by atoms with Gasteiger partial charge in [0.15, 0.2) is 11.5 Å². The van der Waals surface area contributed by atoms with E-state index in [9.17, 15) is 4.39 Å². The molecule has 0 aliphatic heterocycles. The van der Waals surface area contributed by atoms with Crippen LogP contribution in [0, 0.1) is 5.82 Å². The molecule has 11 heteroatoms. The van der Waals surface area contributed by atoms with Gasteiger partial charge < -0.3 is 5.73 Å². The zero-order chi connectivity index (χ0) is 16.9. The average Bonchev–Trinajstić information content (AvgIpc) is 3.22. The zero-order valence-corrected chi connectivity index (χ0v) is 13.1. The minimum absolute atomic E-state index is 0.0380. The van der Waals surface area contributed by atoms with Crippen molar-refractivity contribution in [3.63, 3.8) is 0 Å². The summed E-state index contributed by atoms with van der Waals surface area (Å²) in [6.45, 7) is 0.615. The van der Waals surface area contributed by atoms with Crippen molar-refractivity contribution in [1.82, 2.24) is 30.5 Å². The third kappa shape index (κ3) is 3.71. The van der Waals surface area contributed by atoms with E-state index in [4.69, 9.17) is 22.0 Å². The summed E-state index contributed by atoms with van der Waals surface area (Å²) in [4.78, 5) is 4.17. The fourth-order valence-electron chi connectivity index (χ4n) is 2.00. The Kier molecular flexibility index (Phi) is 4.75. The Bertz CT molecular complexity index is 848. The van der Waals surface area contributed by atoms with Crippen LogP contribution in [0.1, 0.15) is 17.8 Å². The number of aromatic nitrogens is 6. The van der Waals surface area contributed by atoms with E-state index < -0.39 is 5.82 Å². The van der Waals surface area contributed by atoms with E-state index in [0.29, 0.717) is 36.5 Å². The molecule has 0 fully saturated rings. The maximum Gasteiger partial charge on any atom is 0.172 e. The fourth-order valence-corrected chi connectivity index (χ4v) is 2.18. The topological polar surface area (TPSA) is 121 Å². The van der Waals surface area contributed by atoms with E-state index >= 15 is 0 Å². The maximum atomic E-state index is 13.2. The number of nitrogens with zero attached hydrogens (tertiary/aromatic N) is 7. The van der Waals surface area contributed by atoms with Gasteiger partial charge in [0, 0.05) is 6.54 Å². The molecular formula is C13H12ClFN8O. The SMILES string of the molecule is NC(=Nc1ccc(F)c(Cl)c1)c1nonc1CCCn1cnnn1. The van der Waals surface area contributed by atoms with E-state index in [1.807, 2.05) is 0 Å². The molecule has 1 aromatic carbocycles. The molecule has 0 bridgehead atoms. The highest BCUT2D eigenvalue weighted by molar-refractivity contribution is 6.31. The largest absolute Gasteiger partial charge is 0.382 e. The van der Waals surface area contributed by atoms with Crippen LogP contribution in [0.25, 0.3) is 0 Å². The Labute approximate surface area is 140 Å². The Morgan fingerprint density at radius 2 is 2.25 bits per heavy atom. The first kappa shape index (κ1) is 16.0. The highest BCUT2D eigenvalue weighted by atomic mass is 35.5. The number of aryl methyl sites for hydroxylation is 2. The van der Waals surface area contributed by atoms with Crippen molar-refractivity contribution < 1.29 is 9.02 Å². The van der Waals surface area contributed by atoms with Crippen molar-refractivity contribution in [3.8, 4) is 0 Å². The molecule has 2 aromatic heterocycles. The summed E-state index contributed by atoms with van der Waals surface area (Å²) in [6.07, 6.45) is 2.79. The van der Waals surface area contributed by atoms with Gasteiger partial charge in [-0.25, -0.2) is 18.7 Å². The molecular weight excluding hydrogens is 339 g/mol. The Balaban J connectivity index is 1.71. The van der Waals surface area contributed by atoms with Crippen molar-refractivity contribution in [2.45, 2.75) is 19.4 Å². The number of benzene rings is 1. The minimum Gasteiger partial charge on any atom is -0.382 e. The van der Waals surface area contributed by atoms with Gasteiger partial charge in [0.2, 0.25) is 0 Å². The number of nitrogens with two attached hydrogens (primary N) is 1. The van der Waals surface area contributed by atoms with Crippen molar-refractivity contribution in [2.24, 2.45) is 10.7 Å². The number of aliphatic imine (C=N–C) groups is 1. The van der Waals surface area contributed by atoms with Crippen LogP contribution >= 0.6 is 11.6 Å². The van der Waals surface area contributed by atoms with Crippen molar-refractivity contribution in [1.29, 1.82) is 0 Å². The first-order chi connectivity index (χ1) is 11.6. The van der Waals surface area contributed by atoms with Crippen LogP contribution in [0.3, 0.4) is 0 Å². The summed E-state index contributed by atoms with van der Waals surface area (Å²) in [7, 11) is 0. The number of halogens is 2. The molecule has 124 valence electrons. The maximum absolute atomic E-state index is 13.2. The van der Waals surface area contributed by atoms with Crippen molar-refractivity contribution in [3.05, 3.63) is 46.8 Å². The molecule has 0 spiro atoms. The quantitative estimate of drug-likeness (QED) is 0.528. The molecule has 0 radical (unpaired) electrons. The van der Waals surface area contributed by atoms with Gasteiger partial charge in [-0.05, 0) is 46.6 Å². The standard InChI is InChI=1S/C13H12ClFN8O/c14-9-6-8(3-4-10(9)15)18-13(16)12-11(19-24-20-12)2-1-5-23-7-17-21-22-23/h3-4,6-7H,1-2,5H2,(H2,16,18). The van der Waals surface area contributed by atoms with Crippen LogP contribution in [0.5, 0.6) is 0 Å². The highest BCUT2D eigenvalue weighted by Gasteiger charge is 2.14. The number of hydrogen-bond acceptors (Lipinski definition) is 7. The monoisotopic (exact) mass is 350 g/mol. The molecule has 0 saturated carbocycles. The van der Waals surface area contributed by atoms with Gasteiger partial charge in [-0.1, -0.05) is 16.8 Å². The summed E-state index contributed by atoms with van der Waals surface area (Å²) in [5.74, 6) is -0.420. The number of tetrazole rings is 1. The minimum atomic E-state index is -0.527. The third-order valence-corrected chi connectivity index (χ3v) is 3.43. The molecule has 0 unspecified atom stereocenters. The highest BCUT2D eigenvalue weighted by Crippen LogP contribution is 2.22. The Morgan fingerprint density at radius 3 is 3.00 bits per heavy atom. The second-order valence-corrected chi connectivity index (χ2v) is 5.24. The van der Waals surface area contributed by atoms with Gasteiger partial charge in [-0.15, -0.1) is 5.10 Å². The second-order valence-electron chi connectivity index (χ2n) is 4.83. The molecule has 9 nitrogen and oxygen atoms in total. The van der Waals surface area contributed by atoms with Gasteiger partial charge in [-0.2, -0.15) is 0 Å². The normalized spacial score (nSPS) is 11.8. The smallest absolute Gasteiger partial charge is 0.172 e. The first-order valence-corrected chi connectivity index (χ1v) is 7.33. The summed E-state index contributed by atoms with van der Waals surface area (Å²) in [5, 5.41) is 18.4. The predicted octanol–water partition coefficient (Wildman–Crippen LogP) is 1.52. The summed E-state index contributed by atoms with van der Waals surface area (Å²) in [6, 6.07) is 4.04. The van der Waals surface area contributed by atoms with Crippen LogP contribution in [-0.4, -0.2) is 36.4 Å². The molecule has 0 amide bonds. The molecule has 24 heavy (non-hydrogen) atoms. The van der Waals surface area contributed by atoms with Gasteiger partial charge >= 0.3 is 0 Å². The predicted molar refractivity (Wildman–Crippen MR) is 82.2 cm³/mol. The van der Waals surface area contributed by atoms with E-state index in [2.05, 4.69) is 30.8 Å². The molecule has 0 aliphatic rings. The molecule has 3 aromatic rings. The lowest BCUT2D eigenvalue weighted by Gasteiger charge is -2.01. The van der Waals surface area contributed by atoms with Crippen molar-refractivity contribution >= 4 is 23.1 Å². The van der Waals surface area contributed by atoms with E-state index in [1.165, 1.54) is 24.5 Å².